The number of nitrogens with one attached hydrogen (secondary N) is 1. The van der Waals surface area contributed by atoms with E-state index in [1.165, 1.54) is 16.7 Å². The maximum Gasteiger partial charge on any atom is 0.244 e. The van der Waals surface area contributed by atoms with Crippen LogP contribution in [-0.2, 0) is 9.59 Å². The third kappa shape index (κ3) is 3.26. The third-order valence-corrected chi connectivity index (χ3v) is 4.54. The summed E-state index contributed by atoms with van der Waals surface area (Å²) in [6, 6.07) is 14.5. The first-order valence-electron chi connectivity index (χ1n) is 6.71. The minimum atomic E-state index is -0.239. The molecule has 0 unspecified atom stereocenters. The molecule has 1 aliphatic rings. The Morgan fingerprint density at radius 1 is 1.18 bits per heavy atom. The van der Waals surface area contributed by atoms with Gasteiger partial charge in [-0.1, -0.05) is 23.7 Å². The van der Waals surface area contributed by atoms with Crippen molar-refractivity contribution in [3.05, 3.63) is 53.6 Å². The number of hydrogen-bond donors (Lipinski definition) is 1. The molecule has 0 aromatic heterocycles. The highest BCUT2D eigenvalue weighted by atomic mass is 35.5. The van der Waals surface area contributed by atoms with Crippen molar-refractivity contribution in [1.29, 1.82) is 0 Å². The van der Waals surface area contributed by atoms with Gasteiger partial charge in [0.2, 0.25) is 11.8 Å². The van der Waals surface area contributed by atoms with Gasteiger partial charge in [0.1, 0.15) is 6.54 Å². The Hall–Kier alpha value is -1.98. The lowest BCUT2D eigenvalue weighted by molar-refractivity contribution is -0.120. The number of anilines is 2. The van der Waals surface area contributed by atoms with Gasteiger partial charge in [0, 0.05) is 15.6 Å². The molecule has 0 fully saturated rings. The summed E-state index contributed by atoms with van der Waals surface area (Å²) in [7, 11) is 0. The van der Waals surface area contributed by atoms with E-state index in [1.807, 2.05) is 24.3 Å². The molecule has 2 amide bonds. The number of halogens is 1. The molecule has 2 aromatic carbocycles. The first kappa shape index (κ1) is 14.9. The zero-order chi connectivity index (χ0) is 15.5. The van der Waals surface area contributed by atoms with Gasteiger partial charge >= 0.3 is 0 Å². The van der Waals surface area contributed by atoms with Crippen LogP contribution in [0.2, 0.25) is 5.02 Å². The zero-order valence-electron chi connectivity index (χ0n) is 11.6. The highest BCUT2D eigenvalue weighted by Crippen LogP contribution is 2.34. The van der Waals surface area contributed by atoms with Gasteiger partial charge in [0.25, 0.3) is 0 Å². The predicted octanol–water partition coefficient (Wildman–Crippen LogP) is 3.42. The average molecular weight is 333 g/mol. The summed E-state index contributed by atoms with van der Waals surface area (Å²) in [4.78, 5) is 26.8. The molecule has 0 atom stereocenters. The molecule has 0 radical (unpaired) electrons. The topological polar surface area (TPSA) is 49.4 Å². The van der Waals surface area contributed by atoms with Crippen molar-refractivity contribution in [1.82, 2.24) is 0 Å². The lowest BCUT2D eigenvalue weighted by Gasteiger charge is -2.28. The van der Waals surface area contributed by atoms with Crippen LogP contribution in [0.1, 0.15) is 0 Å². The summed E-state index contributed by atoms with van der Waals surface area (Å²) in [5.41, 5.74) is 1.44. The van der Waals surface area contributed by atoms with E-state index < -0.39 is 0 Å². The van der Waals surface area contributed by atoms with Crippen LogP contribution < -0.4 is 10.2 Å². The van der Waals surface area contributed by atoms with Crippen molar-refractivity contribution in [2.45, 2.75) is 4.90 Å². The quantitative estimate of drug-likeness (QED) is 0.937. The normalized spacial score (nSPS) is 13.7. The molecule has 1 N–H and O–H groups in total. The summed E-state index contributed by atoms with van der Waals surface area (Å²) in [6.45, 7) is -0.000959. The fourth-order valence-corrected chi connectivity index (χ4v) is 3.27. The molecule has 22 heavy (non-hydrogen) atoms. The lowest BCUT2D eigenvalue weighted by Crippen LogP contribution is -2.41. The van der Waals surface area contributed by atoms with Gasteiger partial charge in [-0.2, -0.15) is 0 Å². The van der Waals surface area contributed by atoms with Gasteiger partial charge in [-0.05, 0) is 36.4 Å². The van der Waals surface area contributed by atoms with E-state index in [1.54, 1.807) is 24.3 Å². The number of benzene rings is 2. The van der Waals surface area contributed by atoms with Crippen molar-refractivity contribution in [3.63, 3.8) is 0 Å². The molecule has 4 nitrogen and oxygen atoms in total. The van der Waals surface area contributed by atoms with E-state index in [-0.39, 0.29) is 18.4 Å². The number of nitrogens with zero attached hydrogens (tertiary/aromatic N) is 1. The molecule has 0 bridgehead atoms. The number of amides is 2. The fraction of sp³-hybridized carbons (Fsp3) is 0.125. The molecular weight excluding hydrogens is 320 g/mol. The van der Waals surface area contributed by atoms with Crippen LogP contribution in [0.3, 0.4) is 0 Å². The Bertz CT molecular complexity index is 718. The van der Waals surface area contributed by atoms with Crippen LogP contribution in [0.5, 0.6) is 0 Å². The maximum absolute atomic E-state index is 12.2. The maximum atomic E-state index is 12.2. The Morgan fingerprint density at radius 3 is 2.68 bits per heavy atom. The van der Waals surface area contributed by atoms with Gasteiger partial charge < -0.3 is 10.2 Å². The molecule has 112 valence electrons. The SMILES string of the molecule is O=C(CN1C(=O)CSc2ccccc21)Nc1ccc(Cl)cc1. The van der Waals surface area contributed by atoms with Crippen LogP contribution in [0.15, 0.2) is 53.4 Å². The number of para-hydroxylation sites is 1. The summed E-state index contributed by atoms with van der Waals surface area (Å²) < 4.78 is 0. The second kappa shape index (κ2) is 6.42. The van der Waals surface area contributed by atoms with Gasteiger partial charge in [0.15, 0.2) is 0 Å². The minimum absolute atomic E-state index is 0.000959. The second-order valence-corrected chi connectivity index (χ2v) is 6.24. The van der Waals surface area contributed by atoms with E-state index in [4.69, 9.17) is 11.6 Å². The average Bonchev–Trinajstić information content (AvgIpc) is 2.52. The van der Waals surface area contributed by atoms with Crippen molar-refractivity contribution >= 4 is 46.6 Å². The molecule has 0 saturated heterocycles. The predicted molar refractivity (Wildman–Crippen MR) is 89.6 cm³/mol. The Balaban J connectivity index is 1.73. The highest BCUT2D eigenvalue weighted by molar-refractivity contribution is 8.00. The number of thioether (sulfide) groups is 1. The number of carbonyl (C=O) groups is 2. The van der Waals surface area contributed by atoms with E-state index in [0.717, 1.165) is 10.6 Å². The fourth-order valence-electron chi connectivity index (χ4n) is 2.20. The van der Waals surface area contributed by atoms with Crippen LogP contribution in [0.25, 0.3) is 0 Å². The van der Waals surface area contributed by atoms with E-state index in [0.29, 0.717) is 16.5 Å². The van der Waals surface area contributed by atoms with E-state index in [9.17, 15) is 9.59 Å². The molecule has 1 aliphatic heterocycles. The van der Waals surface area contributed by atoms with Crippen molar-refractivity contribution in [2.75, 3.05) is 22.5 Å². The molecule has 1 heterocycles. The van der Waals surface area contributed by atoms with E-state index >= 15 is 0 Å². The minimum Gasteiger partial charge on any atom is -0.325 e. The van der Waals surface area contributed by atoms with Crippen molar-refractivity contribution in [3.8, 4) is 0 Å². The smallest absolute Gasteiger partial charge is 0.244 e. The third-order valence-electron chi connectivity index (χ3n) is 3.24. The number of carbonyl (C=O) groups excluding carboxylic acids is 2. The number of rotatable bonds is 3. The van der Waals surface area contributed by atoms with Crippen LogP contribution in [-0.4, -0.2) is 24.1 Å². The zero-order valence-corrected chi connectivity index (χ0v) is 13.2. The molecule has 3 rings (SSSR count). The van der Waals surface area contributed by atoms with Gasteiger partial charge in [-0.25, -0.2) is 0 Å². The summed E-state index contributed by atoms with van der Waals surface area (Å²) in [5.74, 6) is 0.0537. The molecule has 0 aliphatic carbocycles. The number of hydrogen-bond acceptors (Lipinski definition) is 3. The lowest BCUT2D eigenvalue weighted by atomic mass is 10.2. The second-order valence-electron chi connectivity index (χ2n) is 4.79. The first-order chi connectivity index (χ1) is 10.6. The largest absolute Gasteiger partial charge is 0.325 e. The van der Waals surface area contributed by atoms with Gasteiger partial charge in [-0.3, -0.25) is 9.59 Å². The standard InChI is InChI=1S/C16H13ClN2O2S/c17-11-5-7-12(8-6-11)18-15(20)9-19-13-3-1-2-4-14(13)22-10-16(19)21/h1-8H,9-10H2,(H,18,20). The molecular formula is C16H13ClN2O2S. The molecule has 0 spiro atoms. The Morgan fingerprint density at radius 2 is 1.91 bits per heavy atom. The summed E-state index contributed by atoms with van der Waals surface area (Å²) in [6.07, 6.45) is 0. The summed E-state index contributed by atoms with van der Waals surface area (Å²) >= 11 is 7.31. The summed E-state index contributed by atoms with van der Waals surface area (Å²) in [5, 5.41) is 3.38. The van der Waals surface area contributed by atoms with Crippen molar-refractivity contribution < 1.29 is 9.59 Å². The number of fused-ring (bicyclic) bond motifs is 1. The van der Waals surface area contributed by atoms with Gasteiger partial charge in [0.05, 0.1) is 11.4 Å². The monoisotopic (exact) mass is 332 g/mol. The van der Waals surface area contributed by atoms with Crippen molar-refractivity contribution in [2.24, 2.45) is 0 Å². The molecule has 0 saturated carbocycles. The van der Waals surface area contributed by atoms with E-state index in [2.05, 4.69) is 5.32 Å². The first-order valence-corrected chi connectivity index (χ1v) is 8.07. The van der Waals surface area contributed by atoms with Gasteiger partial charge in [-0.15, -0.1) is 11.8 Å². The molecule has 6 heteroatoms. The van der Waals surface area contributed by atoms with Crippen LogP contribution >= 0.6 is 23.4 Å². The Kier molecular flexibility index (Phi) is 4.36. The van der Waals surface area contributed by atoms with Crippen LogP contribution in [0.4, 0.5) is 11.4 Å². The highest BCUT2D eigenvalue weighted by Gasteiger charge is 2.26. The van der Waals surface area contributed by atoms with Crippen LogP contribution in [0, 0.1) is 0 Å². The molecule has 2 aromatic rings. The Labute approximate surface area is 137 Å².